The molecule has 3 aromatic rings. The van der Waals surface area contributed by atoms with Crippen LogP contribution in [0.5, 0.6) is 0 Å². The fourth-order valence-electron chi connectivity index (χ4n) is 2.26. The first-order valence-electron chi connectivity index (χ1n) is 6.07. The van der Waals surface area contributed by atoms with Crippen LogP contribution in [-0.2, 0) is 0 Å². The molecule has 0 amide bonds. The molecule has 3 rings (SSSR count). The summed E-state index contributed by atoms with van der Waals surface area (Å²) in [6.07, 6.45) is -0.677. The Labute approximate surface area is 121 Å². The lowest BCUT2D eigenvalue weighted by atomic mass is 9.99. The molecule has 0 aliphatic carbocycles. The normalized spacial score (nSPS) is 12.8. The third-order valence-corrected chi connectivity index (χ3v) is 4.82. The van der Waals surface area contributed by atoms with Gasteiger partial charge in [0.1, 0.15) is 6.10 Å². The largest absolute Gasteiger partial charge is 0.384 e. The molecule has 0 bridgehead atoms. The lowest BCUT2D eigenvalue weighted by Gasteiger charge is -2.13. The summed E-state index contributed by atoms with van der Waals surface area (Å²) < 4.78 is 1.18. The summed E-state index contributed by atoms with van der Waals surface area (Å²) in [5.41, 5.74) is 2.68. The summed E-state index contributed by atoms with van der Waals surface area (Å²) in [6, 6.07) is 13.9. The van der Waals surface area contributed by atoms with Gasteiger partial charge in [-0.25, -0.2) is 0 Å². The van der Waals surface area contributed by atoms with E-state index in [0.29, 0.717) is 5.02 Å². The van der Waals surface area contributed by atoms with Crippen LogP contribution in [0.25, 0.3) is 10.1 Å². The maximum Gasteiger partial charge on any atom is 0.107 e. The summed E-state index contributed by atoms with van der Waals surface area (Å²) in [5.74, 6) is 0. The Hall–Kier alpha value is -1.35. The van der Waals surface area contributed by atoms with Crippen molar-refractivity contribution in [2.75, 3.05) is 0 Å². The Morgan fingerprint density at radius 3 is 2.68 bits per heavy atom. The molecular weight excluding hydrogens is 276 g/mol. The molecule has 0 fully saturated rings. The van der Waals surface area contributed by atoms with Gasteiger partial charge >= 0.3 is 0 Å². The van der Waals surface area contributed by atoms with Gasteiger partial charge in [0, 0.05) is 20.8 Å². The van der Waals surface area contributed by atoms with Gasteiger partial charge in [-0.3, -0.25) is 0 Å². The van der Waals surface area contributed by atoms with Crippen LogP contribution < -0.4 is 0 Å². The van der Waals surface area contributed by atoms with Gasteiger partial charge < -0.3 is 5.11 Å². The van der Waals surface area contributed by atoms with Crippen LogP contribution in [-0.4, -0.2) is 5.11 Å². The van der Waals surface area contributed by atoms with Crippen molar-refractivity contribution in [3.05, 3.63) is 69.6 Å². The number of aryl methyl sites for hydroxylation is 1. The van der Waals surface area contributed by atoms with Crippen LogP contribution >= 0.6 is 22.9 Å². The Morgan fingerprint density at radius 2 is 1.84 bits per heavy atom. The maximum absolute atomic E-state index is 10.6. The highest BCUT2D eigenvalue weighted by Gasteiger charge is 2.18. The van der Waals surface area contributed by atoms with E-state index < -0.39 is 6.10 Å². The quantitative estimate of drug-likeness (QED) is 0.708. The van der Waals surface area contributed by atoms with Gasteiger partial charge in [0.2, 0.25) is 0 Å². The number of hydrogen-bond acceptors (Lipinski definition) is 2. The maximum atomic E-state index is 10.6. The van der Waals surface area contributed by atoms with Crippen LogP contribution in [0.3, 0.4) is 0 Å². The predicted molar refractivity (Wildman–Crippen MR) is 82.1 cm³/mol. The predicted octanol–water partition coefficient (Wildman–Crippen LogP) is 4.94. The molecule has 1 heterocycles. The third kappa shape index (κ3) is 2.16. The molecule has 2 aromatic carbocycles. The van der Waals surface area contributed by atoms with Crippen LogP contribution in [0, 0.1) is 6.92 Å². The molecule has 1 N–H and O–H groups in total. The van der Waals surface area contributed by atoms with E-state index in [-0.39, 0.29) is 0 Å². The van der Waals surface area contributed by atoms with Gasteiger partial charge in [0.05, 0.1) is 0 Å². The van der Waals surface area contributed by atoms with Crippen LogP contribution in [0.15, 0.2) is 47.8 Å². The summed E-state index contributed by atoms with van der Waals surface area (Å²) >= 11 is 7.94. The second kappa shape index (κ2) is 4.97. The number of aliphatic hydroxyl groups is 1. The van der Waals surface area contributed by atoms with Crippen molar-refractivity contribution in [2.45, 2.75) is 13.0 Å². The van der Waals surface area contributed by atoms with Gasteiger partial charge in [0.15, 0.2) is 0 Å². The van der Waals surface area contributed by atoms with E-state index in [1.54, 1.807) is 11.3 Å². The van der Waals surface area contributed by atoms with E-state index in [1.807, 2.05) is 48.7 Å². The zero-order valence-corrected chi connectivity index (χ0v) is 12.0. The summed E-state index contributed by atoms with van der Waals surface area (Å²) in [6.45, 7) is 1.95. The van der Waals surface area contributed by atoms with Gasteiger partial charge in [0.25, 0.3) is 0 Å². The molecule has 1 unspecified atom stereocenters. The number of rotatable bonds is 2. The summed E-state index contributed by atoms with van der Waals surface area (Å²) in [7, 11) is 0. The molecule has 3 heteroatoms. The minimum atomic E-state index is -0.677. The second-order valence-electron chi connectivity index (χ2n) is 4.57. The van der Waals surface area contributed by atoms with E-state index in [2.05, 4.69) is 6.07 Å². The molecule has 19 heavy (non-hydrogen) atoms. The number of aliphatic hydroxyl groups excluding tert-OH is 1. The third-order valence-electron chi connectivity index (χ3n) is 3.32. The lowest BCUT2D eigenvalue weighted by Crippen LogP contribution is -2.00. The van der Waals surface area contributed by atoms with E-state index in [4.69, 9.17) is 11.6 Å². The Kier molecular flexibility index (Phi) is 3.31. The van der Waals surface area contributed by atoms with Crippen molar-refractivity contribution in [3.63, 3.8) is 0 Å². The van der Waals surface area contributed by atoms with Crippen molar-refractivity contribution in [1.29, 1.82) is 0 Å². The minimum absolute atomic E-state index is 0.644. The number of benzene rings is 2. The van der Waals surface area contributed by atoms with Crippen molar-refractivity contribution in [3.8, 4) is 0 Å². The Bertz CT molecular complexity index is 732. The first-order chi connectivity index (χ1) is 9.18. The molecule has 0 saturated carbocycles. The topological polar surface area (TPSA) is 20.2 Å². The Balaban J connectivity index is 2.13. The van der Waals surface area contributed by atoms with Gasteiger partial charge in [-0.2, -0.15) is 0 Å². The zero-order valence-electron chi connectivity index (χ0n) is 10.4. The molecule has 96 valence electrons. The average Bonchev–Trinajstić information content (AvgIpc) is 2.85. The SMILES string of the molecule is Cc1cccc(C(O)c2csc3ccccc23)c1Cl. The number of fused-ring (bicyclic) bond motifs is 1. The molecule has 1 nitrogen and oxygen atoms in total. The van der Waals surface area contributed by atoms with Crippen LogP contribution in [0.2, 0.25) is 5.02 Å². The van der Waals surface area contributed by atoms with Gasteiger partial charge in [-0.15, -0.1) is 11.3 Å². The molecule has 0 spiro atoms. The summed E-state index contributed by atoms with van der Waals surface area (Å²) in [5, 5.41) is 14.4. The van der Waals surface area contributed by atoms with E-state index in [1.165, 1.54) is 4.70 Å². The average molecular weight is 289 g/mol. The minimum Gasteiger partial charge on any atom is -0.384 e. The fourth-order valence-corrected chi connectivity index (χ4v) is 3.47. The van der Waals surface area contributed by atoms with Crippen molar-refractivity contribution in [2.24, 2.45) is 0 Å². The standard InChI is InChI=1S/C16H13ClOS/c1-10-5-4-7-12(15(10)17)16(18)13-9-19-14-8-3-2-6-11(13)14/h2-9,16,18H,1H3. The zero-order chi connectivity index (χ0) is 13.4. The van der Waals surface area contributed by atoms with Crippen molar-refractivity contribution < 1.29 is 5.11 Å². The highest BCUT2D eigenvalue weighted by Crippen LogP contribution is 2.36. The molecule has 1 atom stereocenters. The number of halogens is 1. The molecule has 0 aliphatic heterocycles. The smallest absolute Gasteiger partial charge is 0.107 e. The first-order valence-corrected chi connectivity index (χ1v) is 7.33. The van der Waals surface area contributed by atoms with Crippen LogP contribution in [0.4, 0.5) is 0 Å². The van der Waals surface area contributed by atoms with Gasteiger partial charge in [-0.1, -0.05) is 48.0 Å². The highest BCUT2D eigenvalue weighted by molar-refractivity contribution is 7.17. The lowest BCUT2D eigenvalue weighted by molar-refractivity contribution is 0.222. The Morgan fingerprint density at radius 1 is 1.05 bits per heavy atom. The van der Waals surface area contributed by atoms with E-state index in [0.717, 1.165) is 22.1 Å². The van der Waals surface area contributed by atoms with E-state index in [9.17, 15) is 5.11 Å². The number of hydrogen-bond donors (Lipinski definition) is 1. The molecule has 0 radical (unpaired) electrons. The van der Waals surface area contributed by atoms with E-state index >= 15 is 0 Å². The van der Waals surface area contributed by atoms with Crippen LogP contribution in [0.1, 0.15) is 22.8 Å². The fraction of sp³-hybridized carbons (Fsp3) is 0.125. The number of thiophene rings is 1. The molecule has 0 aliphatic rings. The monoisotopic (exact) mass is 288 g/mol. The van der Waals surface area contributed by atoms with Crippen molar-refractivity contribution in [1.82, 2.24) is 0 Å². The van der Waals surface area contributed by atoms with Gasteiger partial charge in [-0.05, 0) is 29.3 Å². The summed E-state index contributed by atoms with van der Waals surface area (Å²) in [4.78, 5) is 0. The molecule has 1 aromatic heterocycles. The second-order valence-corrected chi connectivity index (χ2v) is 5.86. The highest BCUT2D eigenvalue weighted by atomic mass is 35.5. The molecule has 0 saturated heterocycles. The van der Waals surface area contributed by atoms with Crippen molar-refractivity contribution >= 4 is 33.0 Å². The molecular formula is C16H13ClOS. The first kappa shape index (κ1) is 12.7.